The van der Waals surface area contributed by atoms with Crippen LogP contribution in [0.2, 0.25) is 39.3 Å². The summed E-state index contributed by atoms with van der Waals surface area (Å²) < 4.78 is 11.0. The first-order chi connectivity index (χ1) is 10.1. The molecule has 1 aromatic rings. The predicted molar refractivity (Wildman–Crippen MR) is 100.0 cm³/mol. The van der Waals surface area contributed by atoms with Gasteiger partial charge in [0.05, 0.1) is 25.3 Å². The smallest absolute Gasteiger partial charge is 0.135 e. The maximum Gasteiger partial charge on any atom is 0.135 e. The fourth-order valence-electron chi connectivity index (χ4n) is 1.60. The largest absolute Gasteiger partial charge is 0.495 e. The van der Waals surface area contributed by atoms with Crippen LogP contribution in [0.1, 0.15) is 11.1 Å². The summed E-state index contributed by atoms with van der Waals surface area (Å²) in [5, 5.41) is 0. The van der Waals surface area contributed by atoms with Gasteiger partial charge in [-0.3, -0.25) is 0 Å². The molecule has 1 aromatic carbocycles. The van der Waals surface area contributed by atoms with Gasteiger partial charge in [-0.25, -0.2) is 0 Å². The Morgan fingerprint density at radius 3 is 1.23 bits per heavy atom. The van der Waals surface area contributed by atoms with Gasteiger partial charge in [0.1, 0.15) is 27.6 Å². The highest BCUT2D eigenvalue weighted by Gasteiger charge is 2.12. The molecule has 118 valence electrons. The van der Waals surface area contributed by atoms with Crippen LogP contribution in [-0.2, 0) is 0 Å². The zero-order chi connectivity index (χ0) is 17.0. The monoisotopic (exact) mass is 330 g/mol. The Balaban J connectivity index is 3.40. The van der Waals surface area contributed by atoms with Crippen LogP contribution >= 0.6 is 0 Å². The molecule has 0 aromatic heterocycles. The van der Waals surface area contributed by atoms with Crippen molar-refractivity contribution in [2.45, 2.75) is 39.3 Å². The highest BCUT2D eigenvalue weighted by molar-refractivity contribution is 6.84. The lowest BCUT2D eigenvalue weighted by Crippen LogP contribution is -2.16. The van der Waals surface area contributed by atoms with Crippen molar-refractivity contribution in [2.75, 3.05) is 14.2 Å². The molecule has 0 atom stereocenters. The molecule has 2 nitrogen and oxygen atoms in total. The summed E-state index contributed by atoms with van der Waals surface area (Å²) >= 11 is 0. The van der Waals surface area contributed by atoms with Crippen molar-refractivity contribution in [3.8, 4) is 34.4 Å². The van der Waals surface area contributed by atoms with Crippen molar-refractivity contribution >= 4 is 16.1 Å². The van der Waals surface area contributed by atoms with E-state index in [-0.39, 0.29) is 0 Å². The number of ether oxygens (including phenoxy) is 2. The van der Waals surface area contributed by atoms with E-state index >= 15 is 0 Å². The highest BCUT2D eigenvalue weighted by atomic mass is 28.3. The predicted octanol–water partition coefficient (Wildman–Crippen LogP) is 4.16. The van der Waals surface area contributed by atoms with E-state index in [9.17, 15) is 0 Å². The van der Waals surface area contributed by atoms with E-state index in [0.29, 0.717) is 0 Å². The maximum absolute atomic E-state index is 5.48. The molecule has 22 heavy (non-hydrogen) atoms. The lowest BCUT2D eigenvalue weighted by Gasteiger charge is -2.10. The second kappa shape index (κ2) is 7.09. The Morgan fingerprint density at radius 1 is 0.682 bits per heavy atom. The summed E-state index contributed by atoms with van der Waals surface area (Å²) in [6.07, 6.45) is 0. The van der Waals surface area contributed by atoms with Crippen molar-refractivity contribution in [3.63, 3.8) is 0 Å². The quantitative estimate of drug-likeness (QED) is 0.599. The van der Waals surface area contributed by atoms with Gasteiger partial charge < -0.3 is 9.47 Å². The molecule has 0 bridgehead atoms. The standard InChI is InChI=1S/C18H26O2Si2/c1-19-17-13-16(10-12-22(6,7)8)18(20-2)14-15(17)9-11-21(3,4)5/h13-14H,1-8H3. The van der Waals surface area contributed by atoms with Crippen molar-refractivity contribution in [1.29, 1.82) is 0 Å². The molecule has 0 radical (unpaired) electrons. The summed E-state index contributed by atoms with van der Waals surface area (Å²) in [5.74, 6) is 8.00. The van der Waals surface area contributed by atoms with E-state index in [1.807, 2.05) is 12.1 Å². The van der Waals surface area contributed by atoms with Crippen molar-refractivity contribution < 1.29 is 9.47 Å². The summed E-state index contributed by atoms with van der Waals surface area (Å²) in [7, 11) is 0.454. The molecule has 0 fully saturated rings. The maximum atomic E-state index is 5.48. The molecular weight excluding hydrogens is 304 g/mol. The number of hydrogen-bond donors (Lipinski definition) is 0. The average Bonchev–Trinajstić information content (AvgIpc) is 2.40. The fourth-order valence-corrected chi connectivity index (χ4v) is 2.62. The van der Waals surface area contributed by atoms with Gasteiger partial charge in [-0.1, -0.05) is 51.1 Å². The molecule has 0 aliphatic heterocycles. The minimum absolute atomic E-state index is 0.756. The zero-order valence-corrected chi connectivity index (χ0v) is 17.0. The van der Waals surface area contributed by atoms with Gasteiger partial charge in [-0.15, -0.1) is 11.1 Å². The number of rotatable bonds is 2. The molecule has 0 saturated carbocycles. The third kappa shape index (κ3) is 6.01. The number of hydrogen-bond acceptors (Lipinski definition) is 2. The Labute approximate surface area is 137 Å². The van der Waals surface area contributed by atoms with Crippen LogP contribution in [0, 0.1) is 22.9 Å². The summed E-state index contributed by atoms with van der Waals surface area (Å²) in [6.45, 7) is 13.3. The minimum atomic E-state index is -1.44. The van der Waals surface area contributed by atoms with Gasteiger partial charge >= 0.3 is 0 Å². The van der Waals surface area contributed by atoms with Gasteiger partial charge in [0, 0.05) is 12.1 Å². The molecule has 0 amide bonds. The van der Waals surface area contributed by atoms with Crippen LogP contribution in [-0.4, -0.2) is 30.4 Å². The Bertz CT molecular complexity index is 597. The molecule has 1 rings (SSSR count). The number of methoxy groups -OCH3 is 2. The van der Waals surface area contributed by atoms with Crippen LogP contribution in [0.15, 0.2) is 12.1 Å². The first-order valence-corrected chi connectivity index (χ1v) is 14.4. The minimum Gasteiger partial charge on any atom is -0.495 e. The third-order valence-corrected chi connectivity index (χ3v) is 4.42. The second-order valence-electron chi connectivity index (χ2n) is 7.25. The highest BCUT2D eigenvalue weighted by Crippen LogP contribution is 2.28. The van der Waals surface area contributed by atoms with Crippen molar-refractivity contribution in [1.82, 2.24) is 0 Å². The summed E-state index contributed by atoms with van der Waals surface area (Å²) in [4.78, 5) is 0. The Kier molecular flexibility index (Phi) is 5.94. The molecule has 0 heterocycles. The van der Waals surface area contributed by atoms with E-state index in [1.54, 1.807) is 14.2 Å². The molecular formula is C18H26O2Si2. The van der Waals surface area contributed by atoms with E-state index in [2.05, 4.69) is 62.2 Å². The van der Waals surface area contributed by atoms with E-state index in [0.717, 1.165) is 22.6 Å². The van der Waals surface area contributed by atoms with Gasteiger partial charge in [0.25, 0.3) is 0 Å². The molecule has 0 aliphatic carbocycles. The Morgan fingerprint density at radius 2 is 1.00 bits per heavy atom. The lowest BCUT2D eigenvalue weighted by atomic mass is 10.1. The normalized spacial score (nSPS) is 10.9. The SMILES string of the molecule is COc1cc(C#C[Si](C)(C)C)c(OC)cc1C#C[Si](C)(C)C. The third-order valence-electron chi connectivity index (χ3n) is 2.67. The number of benzene rings is 1. The fraction of sp³-hybridized carbons (Fsp3) is 0.444. The van der Waals surface area contributed by atoms with Gasteiger partial charge in [0.2, 0.25) is 0 Å². The van der Waals surface area contributed by atoms with Crippen LogP contribution < -0.4 is 9.47 Å². The van der Waals surface area contributed by atoms with Crippen LogP contribution in [0.4, 0.5) is 0 Å². The van der Waals surface area contributed by atoms with E-state index in [1.165, 1.54) is 0 Å². The van der Waals surface area contributed by atoms with Gasteiger partial charge in [-0.05, 0) is 0 Å². The molecule has 0 aliphatic rings. The molecule has 0 N–H and O–H groups in total. The van der Waals surface area contributed by atoms with E-state index < -0.39 is 16.1 Å². The van der Waals surface area contributed by atoms with Crippen LogP contribution in [0.25, 0.3) is 0 Å². The Hall–Kier alpha value is -1.63. The second-order valence-corrected chi connectivity index (χ2v) is 16.8. The molecule has 0 spiro atoms. The summed E-state index contributed by atoms with van der Waals surface area (Å²) in [6, 6.07) is 3.86. The lowest BCUT2D eigenvalue weighted by molar-refractivity contribution is 0.401. The van der Waals surface area contributed by atoms with E-state index in [4.69, 9.17) is 9.47 Å². The molecule has 4 heteroatoms. The van der Waals surface area contributed by atoms with Gasteiger partial charge in [0.15, 0.2) is 0 Å². The first-order valence-electron chi connectivity index (χ1n) is 7.38. The molecule has 0 unspecified atom stereocenters. The molecule has 0 saturated heterocycles. The van der Waals surface area contributed by atoms with Crippen molar-refractivity contribution in [3.05, 3.63) is 23.3 Å². The van der Waals surface area contributed by atoms with Gasteiger partial charge in [-0.2, -0.15) is 0 Å². The summed E-state index contributed by atoms with van der Waals surface area (Å²) in [5.41, 5.74) is 8.45. The van der Waals surface area contributed by atoms with Crippen molar-refractivity contribution in [2.24, 2.45) is 0 Å². The zero-order valence-electron chi connectivity index (χ0n) is 15.0. The van der Waals surface area contributed by atoms with Crippen LogP contribution in [0.5, 0.6) is 11.5 Å². The average molecular weight is 331 g/mol. The topological polar surface area (TPSA) is 18.5 Å². The van der Waals surface area contributed by atoms with Crippen LogP contribution in [0.3, 0.4) is 0 Å². The first kappa shape index (κ1) is 18.4.